The lowest BCUT2D eigenvalue weighted by Gasteiger charge is -2.16. The second kappa shape index (κ2) is 6.71. The molecule has 1 heterocycles. The number of rotatable bonds is 6. The van der Waals surface area contributed by atoms with Gasteiger partial charge >= 0.3 is 0 Å². The first-order chi connectivity index (χ1) is 8.81. The van der Waals surface area contributed by atoms with E-state index in [1.165, 1.54) is 18.9 Å². The molecule has 1 saturated heterocycles. The fourth-order valence-corrected chi connectivity index (χ4v) is 2.33. The fourth-order valence-electron chi connectivity index (χ4n) is 2.33. The van der Waals surface area contributed by atoms with E-state index in [1.807, 2.05) is 13.1 Å². The molecule has 0 radical (unpaired) electrons. The fraction of sp³-hybridized carbons (Fsp3) is 0.571. The number of hydrogen-bond acceptors (Lipinski definition) is 3. The van der Waals surface area contributed by atoms with Gasteiger partial charge in [0.25, 0.3) is 0 Å². The zero-order valence-electron chi connectivity index (χ0n) is 10.9. The van der Waals surface area contributed by atoms with Gasteiger partial charge in [-0.3, -0.25) is 4.90 Å². The van der Waals surface area contributed by atoms with Crippen molar-refractivity contribution in [2.45, 2.75) is 19.4 Å². The summed E-state index contributed by atoms with van der Waals surface area (Å²) in [5.74, 6) is 0.121. The van der Waals surface area contributed by atoms with Crippen LogP contribution in [0.15, 0.2) is 18.2 Å². The average Bonchev–Trinajstić information content (AvgIpc) is 2.86. The maximum atomic E-state index is 13.7. The molecule has 1 N–H and O–H groups in total. The Morgan fingerprint density at radius 3 is 2.83 bits per heavy atom. The molecule has 0 amide bonds. The van der Waals surface area contributed by atoms with Crippen molar-refractivity contribution in [2.24, 2.45) is 0 Å². The van der Waals surface area contributed by atoms with E-state index in [2.05, 4.69) is 10.2 Å². The van der Waals surface area contributed by atoms with Gasteiger partial charge in [0, 0.05) is 18.7 Å². The number of halogens is 1. The third-order valence-electron chi connectivity index (χ3n) is 3.27. The Kier molecular flexibility index (Phi) is 4.96. The second-order valence-corrected chi connectivity index (χ2v) is 4.66. The van der Waals surface area contributed by atoms with Gasteiger partial charge in [-0.25, -0.2) is 4.39 Å². The quantitative estimate of drug-likeness (QED) is 0.838. The Hall–Kier alpha value is -1.13. The number of para-hydroxylation sites is 1. The Balaban J connectivity index is 1.90. The third kappa shape index (κ3) is 3.43. The van der Waals surface area contributed by atoms with E-state index in [1.54, 1.807) is 6.07 Å². The van der Waals surface area contributed by atoms with Crippen molar-refractivity contribution in [1.82, 2.24) is 10.2 Å². The number of hydrogen-bond donors (Lipinski definition) is 1. The van der Waals surface area contributed by atoms with Crippen LogP contribution in [0.2, 0.25) is 0 Å². The van der Waals surface area contributed by atoms with Crippen LogP contribution < -0.4 is 10.1 Å². The summed E-state index contributed by atoms with van der Waals surface area (Å²) in [7, 11) is 1.85. The normalized spacial score (nSPS) is 16.1. The minimum Gasteiger partial charge on any atom is -0.489 e. The molecule has 0 aromatic heterocycles. The van der Waals surface area contributed by atoms with Crippen LogP contribution in [0.4, 0.5) is 4.39 Å². The largest absolute Gasteiger partial charge is 0.489 e. The van der Waals surface area contributed by atoms with Gasteiger partial charge in [0.1, 0.15) is 6.61 Å². The number of benzene rings is 1. The molecule has 4 heteroatoms. The van der Waals surface area contributed by atoms with Crippen molar-refractivity contribution in [3.05, 3.63) is 29.6 Å². The van der Waals surface area contributed by atoms with E-state index in [0.29, 0.717) is 18.9 Å². The molecule has 100 valence electrons. The van der Waals surface area contributed by atoms with E-state index in [0.717, 1.165) is 25.2 Å². The zero-order chi connectivity index (χ0) is 12.8. The van der Waals surface area contributed by atoms with Crippen LogP contribution in [0.1, 0.15) is 18.4 Å². The molecular weight excluding hydrogens is 231 g/mol. The maximum Gasteiger partial charge on any atom is 0.165 e. The molecule has 0 atom stereocenters. The summed E-state index contributed by atoms with van der Waals surface area (Å²) in [6.45, 7) is 4.34. The highest BCUT2D eigenvalue weighted by molar-refractivity contribution is 5.34. The standard InChI is InChI=1S/C14H21FN2O/c1-16-11-12-5-4-6-13(15)14(12)18-10-9-17-7-2-3-8-17/h4-6,16H,2-3,7-11H2,1H3. The highest BCUT2D eigenvalue weighted by Gasteiger charge is 2.13. The molecule has 1 aliphatic rings. The van der Waals surface area contributed by atoms with Crippen LogP contribution in [0.25, 0.3) is 0 Å². The van der Waals surface area contributed by atoms with E-state index < -0.39 is 0 Å². The van der Waals surface area contributed by atoms with Gasteiger partial charge < -0.3 is 10.1 Å². The lowest BCUT2D eigenvalue weighted by atomic mass is 10.2. The number of likely N-dealkylation sites (tertiary alicyclic amines) is 1. The molecule has 0 unspecified atom stereocenters. The monoisotopic (exact) mass is 252 g/mol. The van der Waals surface area contributed by atoms with Gasteiger partial charge in [-0.1, -0.05) is 12.1 Å². The van der Waals surface area contributed by atoms with Crippen LogP contribution in [0.3, 0.4) is 0 Å². The zero-order valence-corrected chi connectivity index (χ0v) is 10.9. The van der Waals surface area contributed by atoms with Crippen LogP contribution in [0, 0.1) is 5.82 Å². The lowest BCUT2D eigenvalue weighted by Crippen LogP contribution is -2.25. The molecule has 0 bridgehead atoms. The number of nitrogens with zero attached hydrogens (tertiary/aromatic N) is 1. The molecular formula is C14H21FN2O. The minimum absolute atomic E-state index is 0.274. The topological polar surface area (TPSA) is 24.5 Å². The summed E-state index contributed by atoms with van der Waals surface area (Å²) in [6.07, 6.45) is 2.54. The molecule has 1 aromatic carbocycles. The van der Waals surface area contributed by atoms with Gasteiger partial charge in [0.15, 0.2) is 11.6 Å². The summed E-state index contributed by atoms with van der Waals surface area (Å²) in [4.78, 5) is 2.36. The predicted molar refractivity (Wildman–Crippen MR) is 70.3 cm³/mol. The van der Waals surface area contributed by atoms with Crippen molar-refractivity contribution >= 4 is 0 Å². The lowest BCUT2D eigenvalue weighted by molar-refractivity contribution is 0.229. The summed E-state index contributed by atoms with van der Waals surface area (Å²) in [5.41, 5.74) is 0.874. The highest BCUT2D eigenvalue weighted by atomic mass is 19.1. The molecule has 3 nitrogen and oxygen atoms in total. The highest BCUT2D eigenvalue weighted by Crippen LogP contribution is 2.22. The molecule has 0 saturated carbocycles. The Labute approximate surface area is 108 Å². The van der Waals surface area contributed by atoms with E-state index in [4.69, 9.17) is 4.74 Å². The summed E-state index contributed by atoms with van der Waals surface area (Å²) in [6, 6.07) is 5.06. The van der Waals surface area contributed by atoms with Crippen molar-refractivity contribution in [2.75, 3.05) is 33.3 Å². The van der Waals surface area contributed by atoms with Crippen LogP contribution in [0.5, 0.6) is 5.75 Å². The van der Waals surface area contributed by atoms with Crippen molar-refractivity contribution in [1.29, 1.82) is 0 Å². The van der Waals surface area contributed by atoms with Gasteiger partial charge in [-0.05, 0) is 39.0 Å². The first-order valence-corrected chi connectivity index (χ1v) is 6.58. The third-order valence-corrected chi connectivity index (χ3v) is 3.27. The summed E-state index contributed by atoms with van der Waals surface area (Å²) >= 11 is 0. The molecule has 0 aliphatic carbocycles. The van der Waals surface area contributed by atoms with E-state index in [-0.39, 0.29) is 5.82 Å². The molecule has 0 spiro atoms. The Morgan fingerprint density at radius 1 is 1.33 bits per heavy atom. The Morgan fingerprint density at radius 2 is 2.11 bits per heavy atom. The average molecular weight is 252 g/mol. The molecule has 1 fully saturated rings. The van der Waals surface area contributed by atoms with Crippen LogP contribution in [-0.4, -0.2) is 38.2 Å². The van der Waals surface area contributed by atoms with Crippen molar-refractivity contribution in [3.8, 4) is 5.75 Å². The minimum atomic E-state index is -0.274. The second-order valence-electron chi connectivity index (χ2n) is 4.66. The molecule has 18 heavy (non-hydrogen) atoms. The van der Waals surface area contributed by atoms with Crippen LogP contribution >= 0.6 is 0 Å². The first-order valence-electron chi connectivity index (χ1n) is 6.58. The van der Waals surface area contributed by atoms with Crippen molar-refractivity contribution < 1.29 is 9.13 Å². The first kappa shape index (κ1) is 13.3. The van der Waals surface area contributed by atoms with Gasteiger partial charge in [-0.2, -0.15) is 0 Å². The maximum absolute atomic E-state index is 13.7. The van der Waals surface area contributed by atoms with E-state index >= 15 is 0 Å². The number of nitrogens with one attached hydrogen (secondary N) is 1. The smallest absolute Gasteiger partial charge is 0.165 e. The number of ether oxygens (including phenoxy) is 1. The molecule has 1 aromatic rings. The Bertz CT molecular complexity index is 378. The predicted octanol–water partition coefficient (Wildman–Crippen LogP) is 2.02. The summed E-state index contributed by atoms with van der Waals surface area (Å²) < 4.78 is 19.3. The van der Waals surface area contributed by atoms with Crippen molar-refractivity contribution in [3.63, 3.8) is 0 Å². The summed E-state index contributed by atoms with van der Waals surface area (Å²) in [5, 5.41) is 3.03. The van der Waals surface area contributed by atoms with E-state index in [9.17, 15) is 4.39 Å². The molecule has 2 rings (SSSR count). The van der Waals surface area contributed by atoms with Gasteiger partial charge in [0.2, 0.25) is 0 Å². The van der Waals surface area contributed by atoms with Gasteiger partial charge in [0.05, 0.1) is 0 Å². The molecule has 1 aliphatic heterocycles. The van der Waals surface area contributed by atoms with Crippen LogP contribution in [-0.2, 0) is 6.54 Å². The SMILES string of the molecule is CNCc1cccc(F)c1OCCN1CCCC1. The van der Waals surface area contributed by atoms with Gasteiger partial charge in [-0.15, -0.1) is 0 Å².